The van der Waals surface area contributed by atoms with E-state index in [0.29, 0.717) is 19.5 Å². The Kier molecular flexibility index (Phi) is 8.82. The Bertz CT molecular complexity index is 1520. The van der Waals surface area contributed by atoms with Crippen LogP contribution in [-0.4, -0.2) is 40.4 Å². The van der Waals surface area contributed by atoms with Gasteiger partial charge in [0.25, 0.3) is 0 Å². The van der Waals surface area contributed by atoms with Gasteiger partial charge in [0.15, 0.2) is 0 Å². The molecule has 2 aromatic heterocycles. The lowest BCUT2D eigenvalue weighted by Gasteiger charge is -2.29. The molecule has 1 aliphatic rings. The third kappa shape index (κ3) is 6.76. The monoisotopic (exact) mass is 574 g/mol. The van der Waals surface area contributed by atoms with Gasteiger partial charge in [0.05, 0.1) is 12.0 Å². The van der Waals surface area contributed by atoms with Gasteiger partial charge in [-0.3, -0.25) is 9.78 Å². The van der Waals surface area contributed by atoms with Crippen LogP contribution in [0.1, 0.15) is 57.5 Å². The molecule has 0 fully saturated rings. The number of aromatic nitrogens is 2. The van der Waals surface area contributed by atoms with E-state index in [9.17, 15) is 18.0 Å². The number of benzene rings is 2. The van der Waals surface area contributed by atoms with E-state index in [1.165, 1.54) is 34.4 Å². The molecule has 2 aromatic carbocycles. The number of H-pyrrole nitrogens is 1. The number of rotatable bonds is 9. The lowest BCUT2D eigenvalue weighted by Crippen LogP contribution is -2.37. The Labute approximate surface area is 245 Å². The summed E-state index contributed by atoms with van der Waals surface area (Å²) in [6.07, 6.45) is 0.346. The molecule has 0 saturated carbocycles. The Morgan fingerprint density at radius 3 is 2.50 bits per heavy atom. The molecule has 0 aliphatic carbocycles. The van der Waals surface area contributed by atoms with Crippen molar-refractivity contribution < 1.29 is 18.0 Å². The third-order valence-electron chi connectivity index (χ3n) is 8.03. The van der Waals surface area contributed by atoms with Gasteiger partial charge in [0.1, 0.15) is 0 Å². The van der Waals surface area contributed by atoms with Crippen molar-refractivity contribution >= 4 is 5.91 Å². The molecule has 5 rings (SSSR count). The van der Waals surface area contributed by atoms with Crippen LogP contribution in [0.2, 0.25) is 0 Å². The summed E-state index contributed by atoms with van der Waals surface area (Å²) >= 11 is 0. The minimum atomic E-state index is -4.50. The number of aromatic amines is 1. The molecule has 8 heteroatoms. The van der Waals surface area contributed by atoms with Gasteiger partial charge in [0.2, 0.25) is 5.91 Å². The summed E-state index contributed by atoms with van der Waals surface area (Å²) in [5, 5.41) is 3.60. The molecule has 0 unspecified atom stereocenters. The Balaban J connectivity index is 1.39. The summed E-state index contributed by atoms with van der Waals surface area (Å²) in [6.45, 7) is 8.77. The molecule has 0 radical (unpaired) electrons. The summed E-state index contributed by atoms with van der Waals surface area (Å²) in [5.74, 6) is -0.153. The fraction of sp³-hybridized carbons (Fsp3) is 0.353. The van der Waals surface area contributed by atoms with Gasteiger partial charge in [-0.2, -0.15) is 13.2 Å². The highest BCUT2D eigenvalue weighted by atomic mass is 19.4. The number of nitrogens with zero attached hydrogens (tertiary/aromatic N) is 2. The molecule has 4 aromatic rings. The predicted octanol–water partition coefficient (Wildman–Crippen LogP) is 6.78. The van der Waals surface area contributed by atoms with Crippen molar-refractivity contribution in [3.63, 3.8) is 0 Å². The second-order valence-corrected chi connectivity index (χ2v) is 11.4. The van der Waals surface area contributed by atoms with Crippen molar-refractivity contribution in [1.82, 2.24) is 20.2 Å². The van der Waals surface area contributed by atoms with Gasteiger partial charge in [-0.15, -0.1) is 0 Å². The van der Waals surface area contributed by atoms with E-state index < -0.39 is 11.7 Å². The van der Waals surface area contributed by atoms with Crippen LogP contribution in [0.5, 0.6) is 0 Å². The topological polar surface area (TPSA) is 61.0 Å². The third-order valence-corrected chi connectivity index (χ3v) is 8.03. The summed E-state index contributed by atoms with van der Waals surface area (Å²) in [4.78, 5) is 22.9. The van der Waals surface area contributed by atoms with Crippen molar-refractivity contribution in [3.8, 4) is 11.3 Å². The smallest absolute Gasteiger partial charge is 0.358 e. The number of pyridine rings is 1. The standard InChI is InChI=1S/C34H37F3N4O/c1-22-16-23(2)18-27(17-22)33-32(24(3)20-39-14-10-25-8-12-38-13-9-25)28-21-41(15-11-30(28)40-33)31(42)19-26-6-4-5-7-29(26)34(35,36)37/h4-9,12-13,16-18,24,39-40H,10-11,14-15,19-21H2,1-3H3/t24-/m1/s1. The molecule has 42 heavy (non-hydrogen) atoms. The lowest BCUT2D eigenvalue weighted by molar-refractivity contribution is -0.138. The number of hydrogen-bond acceptors (Lipinski definition) is 3. The van der Waals surface area contributed by atoms with Gasteiger partial charge in [0, 0.05) is 49.8 Å². The zero-order chi connectivity index (χ0) is 29.9. The minimum absolute atomic E-state index is 0.0118. The molecule has 5 nitrogen and oxygen atoms in total. The highest BCUT2D eigenvalue weighted by molar-refractivity contribution is 5.80. The maximum absolute atomic E-state index is 13.6. The number of alkyl halides is 3. The molecule has 3 heterocycles. The zero-order valence-corrected chi connectivity index (χ0v) is 24.3. The van der Waals surface area contributed by atoms with Crippen LogP contribution >= 0.6 is 0 Å². The van der Waals surface area contributed by atoms with E-state index in [-0.39, 0.29) is 23.8 Å². The molecular weight excluding hydrogens is 537 g/mol. The SMILES string of the molecule is Cc1cc(C)cc(-c2[nH]c3c(c2[C@H](C)CNCCc2ccncc2)CN(C(=O)Cc2ccccc2C(F)(F)F)CC3)c1. The van der Waals surface area contributed by atoms with E-state index in [0.717, 1.165) is 48.1 Å². The first-order chi connectivity index (χ1) is 20.1. The number of hydrogen-bond donors (Lipinski definition) is 2. The highest BCUT2D eigenvalue weighted by Crippen LogP contribution is 2.38. The van der Waals surface area contributed by atoms with Gasteiger partial charge in [-0.05, 0) is 90.9 Å². The first-order valence-electron chi connectivity index (χ1n) is 14.4. The first kappa shape index (κ1) is 29.6. The first-order valence-corrected chi connectivity index (χ1v) is 14.4. The number of carbonyl (C=O) groups is 1. The van der Waals surface area contributed by atoms with Gasteiger partial charge < -0.3 is 15.2 Å². The largest absolute Gasteiger partial charge is 0.416 e. The van der Waals surface area contributed by atoms with Crippen LogP contribution in [0.25, 0.3) is 11.3 Å². The lowest BCUT2D eigenvalue weighted by atomic mass is 9.90. The molecule has 1 aliphatic heterocycles. The number of nitrogens with one attached hydrogen (secondary N) is 2. The Morgan fingerprint density at radius 2 is 1.79 bits per heavy atom. The maximum atomic E-state index is 13.6. The molecule has 0 bridgehead atoms. The van der Waals surface area contributed by atoms with Crippen molar-refractivity contribution in [1.29, 1.82) is 0 Å². The molecule has 1 atom stereocenters. The van der Waals surface area contributed by atoms with Crippen molar-refractivity contribution in [3.05, 3.63) is 112 Å². The average Bonchev–Trinajstić information content (AvgIpc) is 3.34. The number of aryl methyl sites for hydroxylation is 2. The Morgan fingerprint density at radius 1 is 1.07 bits per heavy atom. The summed E-state index contributed by atoms with van der Waals surface area (Å²) in [5.41, 5.74) is 8.35. The fourth-order valence-electron chi connectivity index (χ4n) is 6.05. The highest BCUT2D eigenvalue weighted by Gasteiger charge is 2.34. The molecular formula is C34H37F3N4O. The zero-order valence-electron chi connectivity index (χ0n) is 24.3. The summed E-state index contributed by atoms with van der Waals surface area (Å²) in [7, 11) is 0. The number of carbonyl (C=O) groups excluding carboxylic acids is 1. The minimum Gasteiger partial charge on any atom is -0.358 e. The van der Waals surface area contributed by atoms with Crippen LogP contribution in [0.3, 0.4) is 0 Å². The van der Waals surface area contributed by atoms with Gasteiger partial charge >= 0.3 is 6.18 Å². The fourth-order valence-corrected chi connectivity index (χ4v) is 6.05. The van der Waals surface area contributed by atoms with Crippen molar-refractivity contribution in [2.24, 2.45) is 0 Å². The second kappa shape index (κ2) is 12.5. The number of fused-ring (bicyclic) bond motifs is 1. The average molecular weight is 575 g/mol. The number of halogens is 3. The van der Waals surface area contributed by atoms with E-state index >= 15 is 0 Å². The number of amides is 1. The van der Waals surface area contributed by atoms with Gasteiger partial charge in [-0.25, -0.2) is 0 Å². The van der Waals surface area contributed by atoms with Gasteiger partial charge in [-0.1, -0.05) is 42.3 Å². The van der Waals surface area contributed by atoms with Crippen LogP contribution in [-0.2, 0) is 36.8 Å². The molecule has 220 valence electrons. The van der Waals surface area contributed by atoms with Crippen LogP contribution in [0, 0.1) is 13.8 Å². The molecule has 0 spiro atoms. The molecule has 1 amide bonds. The van der Waals surface area contributed by atoms with E-state index in [2.05, 4.69) is 54.3 Å². The van der Waals surface area contributed by atoms with E-state index in [1.54, 1.807) is 23.4 Å². The van der Waals surface area contributed by atoms with Crippen LogP contribution in [0.4, 0.5) is 13.2 Å². The predicted molar refractivity (Wildman–Crippen MR) is 159 cm³/mol. The molecule has 2 N–H and O–H groups in total. The van der Waals surface area contributed by atoms with Crippen LogP contribution in [0.15, 0.2) is 67.0 Å². The Hall–Kier alpha value is -3.91. The summed E-state index contributed by atoms with van der Waals surface area (Å²) < 4.78 is 40.8. The quantitative estimate of drug-likeness (QED) is 0.217. The maximum Gasteiger partial charge on any atom is 0.416 e. The van der Waals surface area contributed by atoms with Crippen molar-refractivity contribution in [2.75, 3.05) is 19.6 Å². The summed E-state index contributed by atoms with van der Waals surface area (Å²) in [6, 6.07) is 15.9. The van der Waals surface area contributed by atoms with Crippen LogP contribution < -0.4 is 5.32 Å². The van der Waals surface area contributed by atoms with E-state index in [4.69, 9.17) is 0 Å². The molecule has 0 saturated heterocycles. The normalized spacial score (nSPS) is 14.1. The van der Waals surface area contributed by atoms with Crippen molar-refractivity contribution in [2.45, 2.75) is 58.7 Å². The second-order valence-electron chi connectivity index (χ2n) is 11.4. The van der Waals surface area contributed by atoms with E-state index in [1.807, 2.05) is 12.1 Å².